The molecule has 4 nitrogen and oxygen atoms in total. The number of methoxy groups -OCH3 is 1. The summed E-state index contributed by atoms with van der Waals surface area (Å²) >= 11 is 0. The van der Waals surface area contributed by atoms with Crippen LogP contribution in [0.25, 0.3) is 6.08 Å². The number of rotatable bonds is 3. The monoisotopic (exact) mass is 324 g/mol. The summed E-state index contributed by atoms with van der Waals surface area (Å²) < 4.78 is 22.7. The quantitative estimate of drug-likeness (QED) is 0.820. The van der Waals surface area contributed by atoms with Gasteiger partial charge in [0.15, 0.2) is 23.0 Å². The van der Waals surface area contributed by atoms with Crippen molar-refractivity contribution in [3.8, 4) is 23.0 Å². The van der Waals surface area contributed by atoms with Crippen LogP contribution in [-0.2, 0) is 0 Å². The summed E-state index contributed by atoms with van der Waals surface area (Å²) in [7, 11) is 1.68. The minimum Gasteiger partial charge on any atom is -0.493 e. The Kier molecular flexibility index (Phi) is 3.60. The molecular weight excluding hydrogens is 304 g/mol. The fraction of sp³-hybridized carbons (Fsp3) is 0.300. The van der Waals surface area contributed by atoms with Crippen LogP contribution in [0.4, 0.5) is 0 Å². The maximum Gasteiger partial charge on any atom is 0.231 e. The second kappa shape index (κ2) is 5.78. The van der Waals surface area contributed by atoms with Crippen LogP contribution in [0.5, 0.6) is 23.0 Å². The molecule has 0 aromatic heterocycles. The average Bonchev–Trinajstić information content (AvgIpc) is 3.19. The van der Waals surface area contributed by atoms with Gasteiger partial charge in [0.1, 0.15) is 6.10 Å². The number of hydrogen-bond donors (Lipinski definition) is 0. The first kappa shape index (κ1) is 14.9. The average molecular weight is 324 g/mol. The summed E-state index contributed by atoms with van der Waals surface area (Å²) in [5, 5.41) is 0. The molecule has 0 radical (unpaired) electrons. The molecule has 2 aliphatic heterocycles. The molecule has 2 atom stereocenters. The van der Waals surface area contributed by atoms with Crippen molar-refractivity contribution in [2.24, 2.45) is 0 Å². The van der Waals surface area contributed by atoms with E-state index in [0.29, 0.717) is 0 Å². The number of hydrogen-bond acceptors (Lipinski definition) is 4. The Morgan fingerprint density at radius 3 is 2.75 bits per heavy atom. The summed E-state index contributed by atoms with van der Waals surface area (Å²) in [4.78, 5) is 0. The summed E-state index contributed by atoms with van der Waals surface area (Å²) in [6.45, 7) is 4.47. The third-order valence-electron chi connectivity index (χ3n) is 4.60. The zero-order valence-corrected chi connectivity index (χ0v) is 14.0. The minimum atomic E-state index is -0.0655. The fourth-order valence-corrected chi connectivity index (χ4v) is 3.39. The number of ether oxygens (including phenoxy) is 4. The first-order valence-corrected chi connectivity index (χ1v) is 8.12. The van der Waals surface area contributed by atoms with E-state index in [1.54, 1.807) is 7.11 Å². The standard InChI is InChI=1S/C20H20O4/c1-4-5-13-8-15-12(2)19(24-20(15)18(9-13)21-3)14-6-7-16-17(10-14)23-11-22-16/h4-10,12,19H,11H2,1-3H3/t12-,19?/m1/s1. The van der Waals surface area contributed by atoms with E-state index in [-0.39, 0.29) is 18.8 Å². The van der Waals surface area contributed by atoms with Gasteiger partial charge in [0.25, 0.3) is 0 Å². The Labute approximate surface area is 141 Å². The van der Waals surface area contributed by atoms with E-state index in [4.69, 9.17) is 18.9 Å². The van der Waals surface area contributed by atoms with Gasteiger partial charge < -0.3 is 18.9 Å². The highest BCUT2D eigenvalue weighted by Gasteiger charge is 2.35. The zero-order chi connectivity index (χ0) is 16.7. The van der Waals surface area contributed by atoms with E-state index < -0.39 is 0 Å². The molecule has 0 saturated heterocycles. The highest BCUT2D eigenvalue weighted by Crippen LogP contribution is 2.51. The minimum absolute atomic E-state index is 0.0655. The molecule has 0 N–H and O–H groups in total. The maximum atomic E-state index is 6.27. The lowest BCUT2D eigenvalue weighted by atomic mass is 9.91. The van der Waals surface area contributed by atoms with Crippen LogP contribution in [0.1, 0.15) is 42.6 Å². The lowest BCUT2D eigenvalue weighted by Gasteiger charge is -2.16. The number of benzene rings is 2. The van der Waals surface area contributed by atoms with Crippen molar-refractivity contribution in [2.75, 3.05) is 13.9 Å². The Morgan fingerprint density at radius 1 is 1.12 bits per heavy atom. The van der Waals surface area contributed by atoms with Crippen LogP contribution in [-0.4, -0.2) is 13.9 Å². The van der Waals surface area contributed by atoms with Crippen molar-refractivity contribution in [1.29, 1.82) is 0 Å². The Hall–Kier alpha value is -2.62. The molecular formula is C20H20O4. The molecule has 2 aliphatic rings. The van der Waals surface area contributed by atoms with Crippen molar-refractivity contribution in [2.45, 2.75) is 25.9 Å². The molecule has 0 amide bonds. The Bertz CT molecular complexity index is 810. The van der Waals surface area contributed by atoms with E-state index >= 15 is 0 Å². The van der Waals surface area contributed by atoms with Gasteiger partial charge in [-0.25, -0.2) is 0 Å². The van der Waals surface area contributed by atoms with E-state index in [9.17, 15) is 0 Å². The molecule has 4 rings (SSSR count). The van der Waals surface area contributed by atoms with E-state index in [1.165, 1.54) is 5.56 Å². The molecule has 2 aromatic rings. The Morgan fingerprint density at radius 2 is 1.96 bits per heavy atom. The van der Waals surface area contributed by atoms with Crippen molar-refractivity contribution in [3.05, 3.63) is 53.1 Å². The van der Waals surface area contributed by atoms with E-state index in [2.05, 4.69) is 19.1 Å². The number of fused-ring (bicyclic) bond motifs is 2. The van der Waals surface area contributed by atoms with Gasteiger partial charge in [0.2, 0.25) is 6.79 Å². The molecule has 0 spiro atoms. The third-order valence-corrected chi connectivity index (χ3v) is 4.60. The van der Waals surface area contributed by atoms with E-state index in [1.807, 2.05) is 37.3 Å². The highest BCUT2D eigenvalue weighted by molar-refractivity contribution is 5.62. The molecule has 2 heterocycles. The first-order valence-electron chi connectivity index (χ1n) is 8.12. The zero-order valence-electron chi connectivity index (χ0n) is 14.0. The van der Waals surface area contributed by atoms with Crippen LogP contribution < -0.4 is 18.9 Å². The predicted octanol–water partition coefficient (Wildman–Crippen LogP) is 4.69. The van der Waals surface area contributed by atoms with Crippen LogP contribution in [0.15, 0.2) is 36.4 Å². The van der Waals surface area contributed by atoms with Gasteiger partial charge in [-0.15, -0.1) is 0 Å². The summed E-state index contributed by atoms with van der Waals surface area (Å²) in [6, 6.07) is 10.2. The lowest BCUT2D eigenvalue weighted by molar-refractivity contribution is 0.173. The van der Waals surface area contributed by atoms with E-state index in [0.717, 1.165) is 34.1 Å². The van der Waals surface area contributed by atoms with Crippen molar-refractivity contribution in [1.82, 2.24) is 0 Å². The summed E-state index contributed by atoms with van der Waals surface area (Å²) in [6.07, 6.45) is 4.03. The second-order valence-corrected chi connectivity index (χ2v) is 6.08. The molecule has 0 bridgehead atoms. The summed E-state index contributed by atoms with van der Waals surface area (Å²) in [5.74, 6) is 3.40. The molecule has 2 aromatic carbocycles. The Balaban J connectivity index is 1.73. The molecule has 0 aliphatic carbocycles. The van der Waals surface area contributed by atoms with Crippen molar-refractivity contribution < 1.29 is 18.9 Å². The SMILES string of the molecule is CC=Cc1cc(OC)c2c(c1)[C@@H](C)C(c1ccc3c(c1)OCO3)O2. The fourth-order valence-electron chi connectivity index (χ4n) is 3.39. The molecule has 0 fully saturated rings. The molecule has 1 unspecified atom stereocenters. The van der Waals surface area contributed by atoms with Gasteiger partial charge in [-0.1, -0.05) is 25.1 Å². The highest BCUT2D eigenvalue weighted by atomic mass is 16.7. The van der Waals surface area contributed by atoms with Gasteiger partial charge in [-0.3, -0.25) is 0 Å². The third kappa shape index (κ3) is 2.30. The lowest BCUT2D eigenvalue weighted by Crippen LogP contribution is -2.07. The number of allylic oxidation sites excluding steroid dienone is 1. The van der Waals surface area contributed by atoms with Gasteiger partial charge in [-0.2, -0.15) is 0 Å². The second-order valence-electron chi connectivity index (χ2n) is 6.08. The normalized spacial score (nSPS) is 21.0. The van der Waals surface area contributed by atoms with Gasteiger partial charge >= 0.3 is 0 Å². The maximum absolute atomic E-state index is 6.27. The summed E-state index contributed by atoms with van der Waals surface area (Å²) in [5.41, 5.74) is 3.37. The van der Waals surface area contributed by atoms with Crippen LogP contribution >= 0.6 is 0 Å². The molecule has 124 valence electrons. The smallest absolute Gasteiger partial charge is 0.231 e. The van der Waals surface area contributed by atoms with Crippen molar-refractivity contribution in [3.63, 3.8) is 0 Å². The topological polar surface area (TPSA) is 36.9 Å². The van der Waals surface area contributed by atoms with Crippen molar-refractivity contribution >= 4 is 6.08 Å². The predicted molar refractivity (Wildman–Crippen MR) is 92.1 cm³/mol. The largest absolute Gasteiger partial charge is 0.493 e. The van der Waals surface area contributed by atoms with Gasteiger partial charge in [0, 0.05) is 11.5 Å². The van der Waals surface area contributed by atoms with Gasteiger partial charge in [-0.05, 0) is 42.3 Å². The van der Waals surface area contributed by atoms with Crippen LogP contribution in [0, 0.1) is 0 Å². The molecule has 24 heavy (non-hydrogen) atoms. The molecule has 0 saturated carbocycles. The molecule has 4 heteroatoms. The van der Waals surface area contributed by atoms with Crippen LogP contribution in [0.3, 0.4) is 0 Å². The van der Waals surface area contributed by atoms with Crippen LogP contribution in [0.2, 0.25) is 0 Å². The van der Waals surface area contributed by atoms with Gasteiger partial charge in [0.05, 0.1) is 7.11 Å². The first-order chi connectivity index (χ1) is 11.7.